The third kappa shape index (κ3) is 7.51. The maximum Gasteiger partial charge on any atom is 0.236 e. The van der Waals surface area contributed by atoms with Gasteiger partial charge in [0, 0.05) is 13.2 Å². The van der Waals surface area contributed by atoms with Crippen molar-refractivity contribution in [1.82, 2.24) is 5.32 Å². The number of carboxylic acids is 1. The smallest absolute Gasteiger partial charge is 0.236 e. The third-order valence-corrected chi connectivity index (χ3v) is 1.40. The Bertz CT molecular complexity index is 194. The molecule has 0 aliphatic rings. The van der Waals surface area contributed by atoms with Gasteiger partial charge < -0.3 is 25.7 Å². The lowest BCUT2D eigenvalue weighted by atomic mass is 10.3. The quantitative estimate of drug-likeness (QED) is 0.449. The fourth-order valence-electron chi connectivity index (χ4n) is 0.702. The highest BCUT2D eigenvalue weighted by atomic mass is 16.5. The van der Waals surface area contributed by atoms with Gasteiger partial charge in [-0.25, -0.2) is 0 Å². The molecule has 0 fully saturated rings. The van der Waals surface area contributed by atoms with E-state index in [1.54, 1.807) is 6.92 Å². The molecule has 0 aromatic heterocycles. The standard InChI is InChI=1S/C8H16N2O4/c1-6(9)8(13)10-3-2-4-14-5-7(11)12/h6H,2-5,9H2,1H3,(H,10,13)(H,11,12)/p-1. The summed E-state index contributed by atoms with van der Waals surface area (Å²) in [5.74, 6) is -1.48. The minimum Gasteiger partial charge on any atom is -0.548 e. The van der Waals surface area contributed by atoms with Gasteiger partial charge in [0.25, 0.3) is 0 Å². The number of carbonyl (C=O) groups is 2. The van der Waals surface area contributed by atoms with Gasteiger partial charge in [0.1, 0.15) is 0 Å². The Hall–Kier alpha value is -1.14. The van der Waals surface area contributed by atoms with Gasteiger partial charge in [0.15, 0.2) is 0 Å². The first-order valence-corrected chi connectivity index (χ1v) is 4.35. The molecule has 0 aliphatic heterocycles. The van der Waals surface area contributed by atoms with Crippen molar-refractivity contribution in [3.05, 3.63) is 0 Å². The first-order chi connectivity index (χ1) is 6.54. The lowest BCUT2D eigenvalue weighted by molar-refractivity contribution is -0.309. The molecule has 14 heavy (non-hydrogen) atoms. The molecule has 1 atom stereocenters. The van der Waals surface area contributed by atoms with Crippen LogP contribution in [0.15, 0.2) is 0 Å². The molecule has 0 aromatic rings. The topological polar surface area (TPSA) is 104 Å². The lowest BCUT2D eigenvalue weighted by Crippen LogP contribution is -2.39. The van der Waals surface area contributed by atoms with E-state index in [1.807, 2.05) is 0 Å². The molecule has 0 saturated carbocycles. The second kappa shape index (κ2) is 7.28. The highest BCUT2D eigenvalue weighted by Crippen LogP contribution is 1.81. The highest BCUT2D eigenvalue weighted by molar-refractivity contribution is 5.80. The van der Waals surface area contributed by atoms with Gasteiger partial charge in [-0.15, -0.1) is 0 Å². The lowest BCUT2D eigenvalue weighted by Gasteiger charge is -2.08. The molecular weight excluding hydrogens is 188 g/mol. The Morgan fingerprint density at radius 1 is 1.57 bits per heavy atom. The molecule has 1 amide bonds. The monoisotopic (exact) mass is 203 g/mol. The molecule has 0 aliphatic carbocycles. The Morgan fingerprint density at radius 3 is 2.71 bits per heavy atom. The molecular formula is C8H15N2O4-. The summed E-state index contributed by atoms with van der Waals surface area (Å²) in [7, 11) is 0. The van der Waals surface area contributed by atoms with E-state index in [1.165, 1.54) is 0 Å². The number of amides is 1. The van der Waals surface area contributed by atoms with Crippen molar-refractivity contribution in [2.75, 3.05) is 19.8 Å². The maximum absolute atomic E-state index is 10.9. The number of rotatable bonds is 7. The average Bonchev–Trinajstić information content (AvgIpc) is 2.09. The fourth-order valence-corrected chi connectivity index (χ4v) is 0.702. The Kier molecular flexibility index (Phi) is 6.69. The van der Waals surface area contributed by atoms with Crippen LogP contribution in [0, 0.1) is 0 Å². The number of aliphatic carboxylic acids is 1. The van der Waals surface area contributed by atoms with Gasteiger partial charge in [0.2, 0.25) is 5.91 Å². The minimum atomic E-state index is -1.25. The van der Waals surface area contributed by atoms with Crippen molar-refractivity contribution in [3.8, 4) is 0 Å². The Morgan fingerprint density at radius 2 is 2.21 bits per heavy atom. The molecule has 0 bridgehead atoms. The average molecular weight is 203 g/mol. The summed E-state index contributed by atoms with van der Waals surface area (Å²) >= 11 is 0. The van der Waals surface area contributed by atoms with Crippen molar-refractivity contribution in [2.24, 2.45) is 5.73 Å². The zero-order chi connectivity index (χ0) is 11.0. The molecule has 1 unspecified atom stereocenters. The number of hydrogen-bond donors (Lipinski definition) is 2. The van der Waals surface area contributed by atoms with Crippen LogP contribution in [0.4, 0.5) is 0 Å². The van der Waals surface area contributed by atoms with Crippen molar-refractivity contribution in [3.63, 3.8) is 0 Å². The van der Waals surface area contributed by atoms with Gasteiger partial charge in [-0.05, 0) is 13.3 Å². The number of carboxylic acid groups (broad SMARTS) is 1. The van der Waals surface area contributed by atoms with E-state index in [0.717, 1.165) is 0 Å². The summed E-state index contributed by atoms with van der Waals surface area (Å²) in [5.41, 5.74) is 5.29. The van der Waals surface area contributed by atoms with E-state index < -0.39 is 18.6 Å². The molecule has 3 N–H and O–H groups in total. The predicted octanol–water partition coefficient (Wildman–Crippen LogP) is -2.39. The van der Waals surface area contributed by atoms with Gasteiger partial charge in [-0.1, -0.05) is 0 Å². The first kappa shape index (κ1) is 12.9. The van der Waals surface area contributed by atoms with Crippen LogP contribution in [0.2, 0.25) is 0 Å². The molecule has 0 rings (SSSR count). The van der Waals surface area contributed by atoms with Gasteiger partial charge >= 0.3 is 0 Å². The van der Waals surface area contributed by atoms with E-state index >= 15 is 0 Å². The molecule has 0 radical (unpaired) electrons. The maximum atomic E-state index is 10.9. The second-order valence-corrected chi connectivity index (χ2v) is 2.86. The molecule has 0 saturated heterocycles. The van der Waals surface area contributed by atoms with Crippen LogP contribution in [0.3, 0.4) is 0 Å². The van der Waals surface area contributed by atoms with Crippen LogP contribution in [-0.2, 0) is 14.3 Å². The number of nitrogens with two attached hydrogens (primary N) is 1. The zero-order valence-electron chi connectivity index (χ0n) is 8.12. The summed E-state index contributed by atoms with van der Waals surface area (Å²) in [5, 5.41) is 12.5. The van der Waals surface area contributed by atoms with E-state index in [-0.39, 0.29) is 12.5 Å². The van der Waals surface area contributed by atoms with Crippen LogP contribution in [-0.4, -0.2) is 37.7 Å². The molecule has 82 valence electrons. The number of ether oxygens (including phenoxy) is 1. The van der Waals surface area contributed by atoms with Crippen LogP contribution in [0.1, 0.15) is 13.3 Å². The van der Waals surface area contributed by atoms with E-state index in [2.05, 4.69) is 5.32 Å². The van der Waals surface area contributed by atoms with Crippen molar-refractivity contribution in [2.45, 2.75) is 19.4 Å². The van der Waals surface area contributed by atoms with Gasteiger partial charge in [-0.3, -0.25) is 4.79 Å². The van der Waals surface area contributed by atoms with E-state index in [4.69, 9.17) is 10.5 Å². The summed E-state index contributed by atoms with van der Waals surface area (Å²) in [6, 6.07) is -0.529. The SMILES string of the molecule is CC(N)C(=O)NCCCOCC(=O)[O-]. The van der Waals surface area contributed by atoms with Crippen molar-refractivity contribution >= 4 is 11.9 Å². The first-order valence-electron chi connectivity index (χ1n) is 4.35. The van der Waals surface area contributed by atoms with Crippen LogP contribution in [0.25, 0.3) is 0 Å². The second-order valence-electron chi connectivity index (χ2n) is 2.86. The summed E-state index contributed by atoms with van der Waals surface area (Å²) in [4.78, 5) is 20.8. The molecule has 0 spiro atoms. The fraction of sp³-hybridized carbons (Fsp3) is 0.750. The van der Waals surface area contributed by atoms with Crippen LogP contribution in [0.5, 0.6) is 0 Å². The Labute approximate surface area is 82.4 Å². The van der Waals surface area contributed by atoms with E-state index in [9.17, 15) is 14.7 Å². The largest absolute Gasteiger partial charge is 0.548 e. The molecule has 0 heterocycles. The van der Waals surface area contributed by atoms with Crippen molar-refractivity contribution < 1.29 is 19.4 Å². The summed E-state index contributed by atoms with van der Waals surface area (Å²) in [6.45, 7) is 1.86. The number of carbonyl (C=O) groups excluding carboxylic acids is 2. The van der Waals surface area contributed by atoms with Crippen LogP contribution < -0.4 is 16.2 Å². The number of hydrogen-bond acceptors (Lipinski definition) is 5. The van der Waals surface area contributed by atoms with Gasteiger partial charge in [-0.2, -0.15) is 0 Å². The number of nitrogens with one attached hydrogen (secondary N) is 1. The molecule has 6 heteroatoms. The zero-order valence-corrected chi connectivity index (χ0v) is 8.12. The van der Waals surface area contributed by atoms with Crippen molar-refractivity contribution in [1.29, 1.82) is 0 Å². The Balaban J connectivity index is 3.22. The molecule has 0 aromatic carbocycles. The van der Waals surface area contributed by atoms with Crippen LogP contribution >= 0.6 is 0 Å². The third-order valence-electron chi connectivity index (χ3n) is 1.40. The predicted molar refractivity (Wildman–Crippen MR) is 47.1 cm³/mol. The molecule has 6 nitrogen and oxygen atoms in total. The normalized spacial score (nSPS) is 12.1. The minimum absolute atomic E-state index is 0.232. The summed E-state index contributed by atoms with van der Waals surface area (Å²) < 4.78 is 4.69. The van der Waals surface area contributed by atoms with Gasteiger partial charge in [0.05, 0.1) is 18.6 Å². The highest BCUT2D eigenvalue weighted by Gasteiger charge is 2.04. The van der Waals surface area contributed by atoms with E-state index in [0.29, 0.717) is 13.0 Å². The summed E-state index contributed by atoms with van der Waals surface area (Å²) in [6.07, 6.45) is 0.547.